The number of carboxylic acids is 1. The molecule has 3 N–H and O–H groups in total. The predicted molar refractivity (Wildman–Crippen MR) is 43.8 cm³/mol. The van der Waals surface area contributed by atoms with Crippen LogP contribution in [-0.2, 0) is 0 Å². The maximum Gasteiger partial charge on any atom is 0.348 e. The van der Waals surface area contributed by atoms with Crippen LogP contribution in [0.4, 0.5) is 0 Å². The maximum atomic E-state index is 10.7. The fourth-order valence-electron chi connectivity index (χ4n) is 0.999. The predicted octanol–water partition coefficient (Wildman–Crippen LogP) is 0.616. The molecule has 0 aromatic carbocycles. The number of nitrogens with one attached hydrogen (secondary N) is 2. The van der Waals surface area contributed by atoms with Gasteiger partial charge in [-0.3, -0.25) is 0 Å². The van der Waals surface area contributed by atoms with Gasteiger partial charge in [0.05, 0.1) is 11.0 Å². The minimum Gasteiger partial charge on any atom is -0.477 e. The minimum absolute atomic E-state index is 0.156. The topological polar surface area (TPSA) is 85.9 Å². The van der Waals surface area contributed by atoms with Crippen molar-refractivity contribution in [3.8, 4) is 0 Å². The fourth-order valence-corrected chi connectivity index (χ4v) is 1.79. The first kappa shape index (κ1) is 7.11. The Morgan fingerprint density at radius 3 is 2.92 bits per heavy atom. The van der Waals surface area contributed by atoms with E-state index in [9.17, 15) is 9.59 Å². The molecule has 0 amide bonds. The van der Waals surface area contributed by atoms with Gasteiger partial charge in [0.15, 0.2) is 0 Å². The van der Waals surface area contributed by atoms with Crippen molar-refractivity contribution >= 4 is 28.3 Å². The number of imidazole rings is 1. The van der Waals surface area contributed by atoms with Crippen LogP contribution in [0.5, 0.6) is 0 Å². The highest BCUT2D eigenvalue weighted by Gasteiger charge is 2.12. The second-order valence-electron chi connectivity index (χ2n) is 2.24. The van der Waals surface area contributed by atoms with E-state index in [1.165, 1.54) is 0 Å². The molecule has 0 saturated heterocycles. The van der Waals surface area contributed by atoms with Crippen LogP contribution in [0.15, 0.2) is 10.2 Å². The molecule has 0 fully saturated rings. The van der Waals surface area contributed by atoms with Crippen LogP contribution in [0.1, 0.15) is 9.67 Å². The second-order valence-corrected chi connectivity index (χ2v) is 3.12. The summed E-state index contributed by atoms with van der Waals surface area (Å²) < 4.78 is 0. The van der Waals surface area contributed by atoms with Gasteiger partial charge in [-0.1, -0.05) is 0 Å². The molecule has 5 nitrogen and oxygen atoms in total. The van der Waals surface area contributed by atoms with Crippen LogP contribution in [0.3, 0.4) is 0 Å². The number of hydrogen-bond donors (Lipinski definition) is 3. The van der Waals surface area contributed by atoms with Crippen LogP contribution in [0.25, 0.3) is 11.0 Å². The quantitative estimate of drug-likeness (QED) is 0.607. The molecule has 0 bridgehead atoms. The molecule has 12 heavy (non-hydrogen) atoms. The van der Waals surface area contributed by atoms with Crippen molar-refractivity contribution in [3.05, 3.63) is 20.7 Å². The normalized spacial score (nSPS) is 10.7. The zero-order valence-corrected chi connectivity index (χ0v) is 6.57. The summed E-state index contributed by atoms with van der Waals surface area (Å²) in [5.41, 5.74) is 0.537. The van der Waals surface area contributed by atoms with Crippen LogP contribution >= 0.6 is 11.3 Å². The summed E-state index contributed by atoms with van der Waals surface area (Å²) in [5, 5.41) is 10.2. The Morgan fingerprint density at radius 1 is 1.50 bits per heavy atom. The van der Waals surface area contributed by atoms with Crippen molar-refractivity contribution in [2.75, 3.05) is 0 Å². The standard InChI is InChI=1S/C6H4N2O3S/c9-5(10)4-3-2(1-12-4)7-6(11)8-3/h1H,(H,9,10)(H2,7,8,11). The van der Waals surface area contributed by atoms with Crippen LogP contribution < -0.4 is 5.69 Å². The van der Waals surface area contributed by atoms with E-state index in [4.69, 9.17) is 5.11 Å². The highest BCUT2D eigenvalue weighted by Crippen LogP contribution is 2.20. The largest absolute Gasteiger partial charge is 0.477 e. The third kappa shape index (κ3) is 0.850. The first-order valence-corrected chi connectivity index (χ1v) is 3.99. The summed E-state index contributed by atoms with van der Waals surface area (Å²) in [5.74, 6) is -1.02. The molecule has 0 unspecified atom stereocenters. The van der Waals surface area contributed by atoms with Gasteiger partial charge in [-0.05, 0) is 0 Å². The van der Waals surface area contributed by atoms with Gasteiger partial charge in [-0.2, -0.15) is 0 Å². The molecule has 2 aromatic heterocycles. The lowest BCUT2D eigenvalue weighted by molar-refractivity contribution is 0.0704. The molecule has 0 aliphatic rings. The summed E-state index contributed by atoms with van der Waals surface area (Å²) in [7, 11) is 0. The highest BCUT2D eigenvalue weighted by atomic mass is 32.1. The number of carbonyl (C=O) groups is 1. The Kier molecular flexibility index (Phi) is 1.31. The van der Waals surface area contributed by atoms with E-state index in [0.29, 0.717) is 11.0 Å². The van der Waals surface area contributed by atoms with E-state index < -0.39 is 5.97 Å². The smallest absolute Gasteiger partial charge is 0.348 e. The lowest BCUT2D eigenvalue weighted by Gasteiger charge is -1.83. The number of thiophene rings is 1. The molecule has 62 valence electrons. The number of rotatable bonds is 1. The molecule has 6 heteroatoms. The average molecular weight is 184 g/mol. The lowest BCUT2D eigenvalue weighted by Crippen LogP contribution is -2.01. The average Bonchev–Trinajstić information content (AvgIpc) is 2.43. The van der Waals surface area contributed by atoms with E-state index in [1.54, 1.807) is 5.38 Å². The van der Waals surface area contributed by atoms with Crippen molar-refractivity contribution in [1.82, 2.24) is 9.97 Å². The molecule has 0 spiro atoms. The van der Waals surface area contributed by atoms with Gasteiger partial charge in [0.25, 0.3) is 0 Å². The molecule has 0 saturated carbocycles. The number of carboxylic acid groups (broad SMARTS) is 1. The molecule has 0 atom stereocenters. The van der Waals surface area contributed by atoms with Gasteiger partial charge in [0.2, 0.25) is 0 Å². The van der Waals surface area contributed by atoms with Gasteiger partial charge in [-0.25, -0.2) is 9.59 Å². The zero-order chi connectivity index (χ0) is 8.72. The molecular formula is C6H4N2O3S. The SMILES string of the molecule is O=C(O)c1scc2[nH]c(=O)[nH]c12. The highest BCUT2D eigenvalue weighted by molar-refractivity contribution is 7.13. The molecule has 0 aliphatic heterocycles. The number of aromatic carboxylic acids is 1. The number of aromatic nitrogens is 2. The van der Waals surface area contributed by atoms with Crippen molar-refractivity contribution in [3.63, 3.8) is 0 Å². The monoisotopic (exact) mass is 184 g/mol. The Morgan fingerprint density at radius 2 is 2.25 bits per heavy atom. The Hall–Kier alpha value is -1.56. The van der Waals surface area contributed by atoms with Crippen molar-refractivity contribution in [1.29, 1.82) is 0 Å². The minimum atomic E-state index is -1.02. The summed E-state index contributed by atoms with van der Waals surface area (Å²) in [6.07, 6.45) is 0. The lowest BCUT2D eigenvalue weighted by atomic mass is 10.4. The van der Waals surface area contributed by atoms with Gasteiger partial charge < -0.3 is 15.1 Å². The van der Waals surface area contributed by atoms with Crippen LogP contribution in [0.2, 0.25) is 0 Å². The van der Waals surface area contributed by atoms with Crippen LogP contribution in [-0.4, -0.2) is 21.0 Å². The Bertz CT molecular complexity index is 492. The van der Waals surface area contributed by atoms with Crippen molar-refractivity contribution in [2.24, 2.45) is 0 Å². The van der Waals surface area contributed by atoms with E-state index in [0.717, 1.165) is 11.3 Å². The van der Waals surface area contributed by atoms with E-state index in [2.05, 4.69) is 9.97 Å². The maximum absolute atomic E-state index is 10.7. The number of H-pyrrole nitrogens is 2. The second kappa shape index (κ2) is 2.21. The first-order chi connectivity index (χ1) is 5.68. The third-order valence-electron chi connectivity index (χ3n) is 1.47. The molecule has 2 aromatic rings. The van der Waals surface area contributed by atoms with Gasteiger partial charge in [-0.15, -0.1) is 11.3 Å². The number of hydrogen-bond acceptors (Lipinski definition) is 3. The van der Waals surface area contributed by atoms with Gasteiger partial charge >= 0.3 is 11.7 Å². The van der Waals surface area contributed by atoms with E-state index >= 15 is 0 Å². The number of aromatic amines is 2. The summed E-state index contributed by atoms with van der Waals surface area (Å²) in [4.78, 5) is 26.3. The Labute approximate surface area is 69.7 Å². The first-order valence-electron chi connectivity index (χ1n) is 3.11. The molecule has 2 rings (SSSR count). The van der Waals surface area contributed by atoms with E-state index in [1.807, 2.05) is 0 Å². The Balaban J connectivity index is 2.85. The number of fused-ring (bicyclic) bond motifs is 1. The van der Waals surface area contributed by atoms with Gasteiger partial charge in [0, 0.05) is 5.38 Å². The molecular weight excluding hydrogens is 180 g/mol. The van der Waals surface area contributed by atoms with Crippen molar-refractivity contribution in [2.45, 2.75) is 0 Å². The summed E-state index contributed by atoms with van der Waals surface area (Å²) in [6, 6.07) is 0. The van der Waals surface area contributed by atoms with Gasteiger partial charge in [0.1, 0.15) is 4.88 Å². The summed E-state index contributed by atoms with van der Waals surface area (Å²) in [6.45, 7) is 0. The van der Waals surface area contributed by atoms with Crippen molar-refractivity contribution < 1.29 is 9.90 Å². The zero-order valence-electron chi connectivity index (χ0n) is 5.75. The molecule has 2 heterocycles. The molecule has 0 radical (unpaired) electrons. The molecule has 0 aliphatic carbocycles. The van der Waals surface area contributed by atoms with Crippen LogP contribution in [0, 0.1) is 0 Å². The third-order valence-corrected chi connectivity index (χ3v) is 2.44. The fraction of sp³-hybridized carbons (Fsp3) is 0. The summed E-state index contributed by atoms with van der Waals surface area (Å²) >= 11 is 1.09. The van der Waals surface area contributed by atoms with E-state index in [-0.39, 0.29) is 10.6 Å².